The summed E-state index contributed by atoms with van der Waals surface area (Å²) in [5.74, 6) is 0.0981. The number of benzene rings is 1. The molecule has 0 radical (unpaired) electrons. The lowest BCUT2D eigenvalue weighted by molar-refractivity contribution is -0.132. The molecule has 1 atom stereocenters. The van der Waals surface area contributed by atoms with Gasteiger partial charge in [-0.1, -0.05) is 17.3 Å². The molecule has 1 fully saturated rings. The summed E-state index contributed by atoms with van der Waals surface area (Å²) in [5, 5.41) is 9.28. The molecule has 23 heavy (non-hydrogen) atoms. The van der Waals surface area contributed by atoms with Crippen molar-refractivity contribution in [2.24, 2.45) is 0 Å². The lowest BCUT2D eigenvalue weighted by atomic mass is 10.0. The van der Waals surface area contributed by atoms with Gasteiger partial charge in [-0.05, 0) is 31.0 Å². The number of rotatable bonds is 3. The van der Waals surface area contributed by atoms with Gasteiger partial charge in [-0.15, -0.1) is 0 Å². The molecule has 6 heteroatoms. The summed E-state index contributed by atoms with van der Waals surface area (Å²) in [4.78, 5) is 14.6. The minimum atomic E-state index is 0.0981. The van der Waals surface area contributed by atoms with Crippen LogP contribution in [-0.2, 0) is 11.2 Å². The normalized spacial score (nSPS) is 18.4. The monoisotopic (exact) mass is 310 g/mol. The van der Waals surface area contributed by atoms with E-state index in [1.165, 1.54) is 0 Å². The van der Waals surface area contributed by atoms with Crippen LogP contribution < -0.4 is 0 Å². The van der Waals surface area contributed by atoms with E-state index in [9.17, 15) is 4.79 Å². The highest BCUT2D eigenvalue weighted by Crippen LogP contribution is 2.23. The summed E-state index contributed by atoms with van der Waals surface area (Å²) in [5.41, 5.74) is 1.44. The molecule has 0 bridgehead atoms. The number of hydrogen-bond donors (Lipinski definition) is 0. The van der Waals surface area contributed by atoms with Crippen molar-refractivity contribution in [1.82, 2.24) is 19.8 Å². The number of fused-ring (bicyclic) bond motifs is 1. The number of amides is 1. The van der Waals surface area contributed by atoms with E-state index in [-0.39, 0.29) is 18.4 Å². The van der Waals surface area contributed by atoms with E-state index >= 15 is 0 Å². The molecule has 3 heterocycles. The van der Waals surface area contributed by atoms with Gasteiger partial charge < -0.3 is 9.42 Å². The van der Waals surface area contributed by atoms with E-state index in [4.69, 9.17) is 4.52 Å². The third-order valence-electron chi connectivity index (χ3n) is 4.42. The van der Waals surface area contributed by atoms with E-state index < -0.39 is 0 Å². The van der Waals surface area contributed by atoms with Crippen molar-refractivity contribution in [3.8, 4) is 0 Å². The highest BCUT2D eigenvalue weighted by atomic mass is 16.5. The summed E-state index contributed by atoms with van der Waals surface area (Å²) in [6.45, 7) is 1.50. The molecule has 0 saturated carbocycles. The largest absolute Gasteiger partial charge is 0.356 e. The van der Waals surface area contributed by atoms with Crippen molar-refractivity contribution >= 4 is 16.9 Å². The molecular weight excluding hydrogens is 292 g/mol. The quantitative estimate of drug-likeness (QED) is 0.745. The summed E-state index contributed by atoms with van der Waals surface area (Å²) < 4.78 is 7.23. The SMILES string of the molecule is O=C(Cc1noc2ccccc12)N1CCC[C@@H](n2cccn2)C1. The molecule has 1 saturated heterocycles. The van der Waals surface area contributed by atoms with Crippen molar-refractivity contribution in [3.63, 3.8) is 0 Å². The van der Waals surface area contributed by atoms with Gasteiger partial charge in [0.05, 0.1) is 12.5 Å². The van der Waals surface area contributed by atoms with Gasteiger partial charge in [0.1, 0.15) is 5.69 Å². The van der Waals surface area contributed by atoms with Crippen molar-refractivity contribution < 1.29 is 9.32 Å². The number of carbonyl (C=O) groups excluding carboxylic acids is 1. The Morgan fingerprint density at radius 3 is 3.09 bits per heavy atom. The average molecular weight is 310 g/mol. The molecule has 1 aliphatic rings. The second-order valence-corrected chi connectivity index (χ2v) is 5.92. The molecule has 4 rings (SSSR count). The zero-order valence-corrected chi connectivity index (χ0v) is 12.8. The van der Waals surface area contributed by atoms with Gasteiger partial charge in [0.15, 0.2) is 5.58 Å². The summed E-state index contributed by atoms with van der Waals surface area (Å²) in [7, 11) is 0. The highest BCUT2D eigenvalue weighted by molar-refractivity contribution is 5.86. The Hall–Kier alpha value is -2.63. The molecule has 0 unspecified atom stereocenters. The number of para-hydroxylation sites is 1. The first-order valence-electron chi connectivity index (χ1n) is 7.91. The molecule has 2 aromatic heterocycles. The smallest absolute Gasteiger partial charge is 0.228 e. The van der Waals surface area contributed by atoms with Crippen LogP contribution in [0.4, 0.5) is 0 Å². The number of nitrogens with zero attached hydrogens (tertiary/aromatic N) is 4. The first-order chi connectivity index (χ1) is 11.3. The molecule has 3 aromatic rings. The molecule has 6 nitrogen and oxygen atoms in total. The van der Waals surface area contributed by atoms with E-state index in [0.29, 0.717) is 12.2 Å². The van der Waals surface area contributed by atoms with Crippen LogP contribution in [0.5, 0.6) is 0 Å². The third-order valence-corrected chi connectivity index (χ3v) is 4.42. The van der Waals surface area contributed by atoms with Crippen LogP contribution in [0.2, 0.25) is 0 Å². The number of piperidine rings is 1. The number of hydrogen-bond acceptors (Lipinski definition) is 4. The molecule has 1 aliphatic heterocycles. The second kappa shape index (κ2) is 5.87. The zero-order chi connectivity index (χ0) is 15.6. The van der Waals surface area contributed by atoms with E-state index in [1.807, 2.05) is 46.1 Å². The maximum atomic E-state index is 12.6. The van der Waals surface area contributed by atoms with Crippen LogP contribution in [0.25, 0.3) is 11.0 Å². The van der Waals surface area contributed by atoms with Crippen LogP contribution >= 0.6 is 0 Å². The van der Waals surface area contributed by atoms with Crippen molar-refractivity contribution in [2.75, 3.05) is 13.1 Å². The number of carbonyl (C=O) groups is 1. The Morgan fingerprint density at radius 2 is 2.22 bits per heavy atom. The Balaban J connectivity index is 1.48. The molecule has 1 aromatic carbocycles. The summed E-state index contributed by atoms with van der Waals surface area (Å²) in [6.07, 6.45) is 6.07. The van der Waals surface area contributed by atoms with Crippen LogP contribution in [0.1, 0.15) is 24.6 Å². The third kappa shape index (κ3) is 2.72. The Bertz CT molecular complexity index is 809. The van der Waals surface area contributed by atoms with Crippen LogP contribution in [0.15, 0.2) is 47.2 Å². The first kappa shape index (κ1) is 14.0. The molecular formula is C17H18N4O2. The maximum absolute atomic E-state index is 12.6. The van der Waals surface area contributed by atoms with Gasteiger partial charge in [0.2, 0.25) is 5.91 Å². The average Bonchev–Trinajstić information content (AvgIpc) is 3.25. The van der Waals surface area contributed by atoms with E-state index in [1.54, 1.807) is 6.20 Å². The second-order valence-electron chi connectivity index (χ2n) is 5.92. The van der Waals surface area contributed by atoms with Crippen LogP contribution in [-0.4, -0.2) is 38.8 Å². The van der Waals surface area contributed by atoms with Crippen molar-refractivity contribution in [3.05, 3.63) is 48.4 Å². The fraction of sp³-hybridized carbons (Fsp3) is 0.353. The van der Waals surface area contributed by atoms with Crippen molar-refractivity contribution in [2.45, 2.75) is 25.3 Å². The lowest BCUT2D eigenvalue weighted by Crippen LogP contribution is -2.41. The molecule has 118 valence electrons. The maximum Gasteiger partial charge on any atom is 0.228 e. The Labute approximate surface area is 133 Å². The minimum absolute atomic E-state index is 0.0981. The predicted octanol–water partition coefficient (Wildman–Crippen LogP) is 2.43. The molecule has 0 N–H and O–H groups in total. The van der Waals surface area contributed by atoms with Crippen molar-refractivity contribution in [1.29, 1.82) is 0 Å². The van der Waals surface area contributed by atoms with Gasteiger partial charge in [-0.2, -0.15) is 5.10 Å². The zero-order valence-electron chi connectivity index (χ0n) is 12.8. The predicted molar refractivity (Wildman–Crippen MR) is 84.8 cm³/mol. The minimum Gasteiger partial charge on any atom is -0.356 e. The van der Waals surface area contributed by atoms with Gasteiger partial charge >= 0.3 is 0 Å². The van der Waals surface area contributed by atoms with Crippen LogP contribution in [0, 0.1) is 0 Å². The lowest BCUT2D eigenvalue weighted by Gasteiger charge is -2.32. The first-order valence-corrected chi connectivity index (χ1v) is 7.91. The van der Waals surface area contributed by atoms with Crippen LogP contribution in [0.3, 0.4) is 0 Å². The number of aromatic nitrogens is 3. The topological polar surface area (TPSA) is 64.2 Å². The Morgan fingerprint density at radius 1 is 1.30 bits per heavy atom. The van der Waals surface area contributed by atoms with Gasteiger partial charge in [-0.3, -0.25) is 9.48 Å². The molecule has 1 amide bonds. The van der Waals surface area contributed by atoms with Gasteiger partial charge in [-0.25, -0.2) is 0 Å². The number of likely N-dealkylation sites (tertiary alicyclic amines) is 1. The fourth-order valence-corrected chi connectivity index (χ4v) is 3.21. The summed E-state index contributed by atoms with van der Waals surface area (Å²) >= 11 is 0. The fourth-order valence-electron chi connectivity index (χ4n) is 3.21. The highest BCUT2D eigenvalue weighted by Gasteiger charge is 2.26. The summed E-state index contributed by atoms with van der Waals surface area (Å²) in [6, 6.07) is 9.82. The Kier molecular flexibility index (Phi) is 3.57. The van der Waals surface area contributed by atoms with E-state index in [2.05, 4.69) is 10.3 Å². The molecule has 0 spiro atoms. The van der Waals surface area contributed by atoms with Gasteiger partial charge in [0.25, 0.3) is 0 Å². The standard InChI is InChI=1S/C17H18N4O2/c22-17(11-15-14-6-1-2-7-16(14)23-19-15)20-9-3-5-13(12-20)21-10-4-8-18-21/h1-2,4,6-8,10,13H,3,5,9,11-12H2/t13-/m1/s1. The van der Waals surface area contributed by atoms with E-state index in [0.717, 1.165) is 30.4 Å². The van der Waals surface area contributed by atoms with Gasteiger partial charge in [0, 0.05) is 30.9 Å². The molecule has 0 aliphatic carbocycles.